The van der Waals surface area contributed by atoms with Crippen molar-refractivity contribution in [3.05, 3.63) is 89.4 Å². The standard InChI is InChI=1S/C27H29N5O2/c1-19-7-8-23(13-26(19)29-15-20-4-3-9-28-14-20)27(33)32-10-11-34-18-21(17-32)12-22-5-2-6-25-24(22)16-30-31-25/h2-9,13-14,16,21,29H,10-12,15,17-18H2,1H3,(H,30,31)/t21-/m1/s1. The second kappa shape index (κ2) is 10.1. The molecule has 7 nitrogen and oxygen atoms in total. The summed E-state index contributed by atoms with van der Waals surface area (Å²) in [6.45, 7) is 5.16. The molecule has 1 amide bonds. The van der Waals surface area contributed by atoms with Gasteiger partial charge in [0.05, 0.1) is 24.9 Å². The van der Waals surface area contributed by atoms with E-state index in [1.165, 1.54) is 5.56 Å². The van der Waals surface area contributed by atoms with Crippen LogP contribution in [0, 0.1) is 12.8 Å². The third-order valence-corrected chi connectivity index (χ3v) is 6.40. The molecule has 2 N–H and O–H groups in total. The van der Waals surface area contributed by atoms with Crippen LogP contribution in [0.2, 0.25) is 0 Å². The summed E-state index contributed by atoms with van der Waals surface area (Å²) >= 11 is 0. The lowest BCUT2D eigenvalue weighted by molar-refractivity contribution is 0.0737. The first kappa shape index (κ1) is 22.1. The minimum absolute atomic E-state index is 0.0430. The van der Waals surface area contributed by atoms with E-state index in [0.29, 0.717) is 38.4 Å². The highest BCUT2D eigenvalue weighted by Gasteiger charge is 2.24. The van der Waals surface area contributed by atoms with Crippen LogP contribution >= 0.6 is 0 Å². The number of H-pyrrole nitrogens is 1. The molecule has 4 aromatic rings. The maximum absolute atomic E-state index is 13.5. The Labute approximate surface area is 199 Å². The number of benzene rings is 2. The number of pyridine rings is 1. The van der Waals surface area contributed by atoms with Crippen LogP contribution in [0.15, 0.2) is 67.1 Å². The first-order valence-corrected chi connectivity index (χ1v) is 11.7. The maximum Gasteiger partial charge on any atom is 0.254 e. The molecule has 7 heteroatoms. The Bertz CT molecular complexity index is 1270. The fraction of sp³-hybridized carbons (Fsp3) is 0.296. The van der Waals surface area contributed by atoms with Gasteiger partial charge in [-0.1, -0.05) is 24.3 Å². The lowest BCUT2D eigenvalue weighted by Crippen LogP contribution is -2.36. The second-order valence-corrected chi connectivity index (χ2v) is 8.89. The van der Waals surface area contributed by atoms with E-state index in [9.17, 15) is 4.79 Å². The van der Waals surface area contributed by atoms with E-state index in [1.807, 2.05) is 66.7 Å². The quantitative estimate of drug-likeness (QED) is 0.455. The van der Waals surface area contributed by atoms with Crippen LogP contribution in [0.5, 0.6) is 0 Å². The summed E-state index contributed by atoms with van der Waals surface area (Å²) in [5.74, 6) is 0.266. The van der Waals surface area contributed by atoms with Gasteiger partial charge in [0, 0.05) is 54.6 Å². The van der Waals surface area contributed by atoms with Gasteiger partial charge in [-0.05, 0) is 54.3 Å². The molecule has 0 bridgehead atoms. The molecule has 1 aliphatic heterocycles. The SMILES string of the molecule is Cc1ccc(C(=O)N2CCOC[C@H](Cc3cccc4[nH]ncc34)C2)cc1NCc1cccnc1. The molecule has 2 aromatic heterocycles. The highest BCUT2D eigenvalue weighted by molar-refractivity contribution is 5.95. The van der Waals surface area contributed by atoms with Gasteiger partial charge in [0.25, 0.3) is 5.91 Å². The Kier molecular flexibility index (Phi) is 6.53. The fourth-order valence-corrected chi connectivity index (χ4v) is 4.53. The van der Waals surface area contributed by atoms with Crippen molar-refractivity contribution < 1.29 is 9.53 Å². The number of anilines is 1. The largest absolute Gasteiger partial charge is 0.381 e. The van der Waals surface area contributed by atoms with Crippen molar-refractivity contribution in [2.24, 2.45) is 5.92 Å². The van der Waals surface area contributed by atoms with Crippen LogP contribution < -0.4 is 5.32 Å². The molecular formula is C27H29N5O2. The molecule has 1 fully saturated rings. The van der Waals surface area contributed by atoms with Crippen molar-refractivity contribution in [1.29, 1.82) is 0 Å². The lowest BCUT2D eigenvalue weighted by Gasteiger charge is -2.24. The number of hydrogen-bond donors (Lipinski definition) is 2. The molecule has 0 unspecified atom stereocenters. The van der Waals surface area contributed by atoms with E-state index >= 15 is 0 Å². The van der Waals surface area contributed by atoms with Crippen LogP contribution in [0.25, 0.3) is 10.9 Å². The van der Waals surface area contributed by atoms with Crippen molar-refractivity contribution in [2.45, 2.75) is 19.9 Å². The van der Waals surface area contributed by atoms with Crippen LogP contribution in [0.1, 0.15) is 27.0 Å². The highest BCUT2D eigenvalue weighted by Crippen LogP contribution is 2.23. The van der Waals surface area contributed by atoms with Crippen molar-refractivity contribution in [1.82, 2.24) is 20.1 Å². The fourth-order valence-electron chi connectivity index (χ4n) is 4.53. The number of ether oxygens (including phenoxy) is 1. The number of nitrogens with zero attached hydrogens (tertiary/aromatic N) is 3. The minimum atomic E-state index is 0.0430. The Morgan fingerprint density at radius 1 is 1.21 bits per heavy atom. The first-order chi connectivity index (χ1) is 16.7. The van der Waals surface area contributed by atoms with E-state index in [4.69, 9.17) is 4.74 Å². The summed E-state index contributed by atoms with van der Waals surface area (Å²) in [6, 6.07) is 16.0. The molecule has 0 aliphatic carbocycles. The Balaban J connectivity index is 1.29. The molecule has 34 heavy (non-hydrogen) atoms. The molecule has 0 spiro atoms. The molecule has 1 saturated heterocycles. The Morgan fingerprint density at radius 2 is 2.15 bits per heavy atom. The third-order valence-electron chi connectivity index (χ3n) is 6.40. The number of carbonyl (C=O) groups is 1. The number of nitrogens with one attached hydrogen (secondary N) is 2. The number of fused-ring (bicyclic) bond motifs is 1. The van der Waals surface area contributed by atoms with Gasteiger partial charge in [0.1, 0.15) is 0 Å². The van der Waals surface area contributed by atoms with Crippen molar-refractivity contribution in [3.8, 4) is 0 Å². The van der Waals surface area contributed by atoms with Gasteiger partial charge >= 0.3 is 0 Å². The molecule has 0 radical (unpaired) electrons. The number of aromatic nitrogens is 3. The van der Waals surface area contributed by atoms with Gasteiger partial charge in [-0.25, -0.2) is 0 Å². The number of amides is 1. The van der Waals surface area contributed by atoms with Crippen molar-refractivity contribution in [2.75, 3.05) is 31.6 Å². The van der Waals surface area contributed by atoms with Crippen molar-refractivity contribution >= 4 is 22.5 Å². The van der Waals surface area contributed by atoms with Crippen LogP contribution in [0.4, 0.5) is 5.69 Å². The lowest BCUT2D eigenvalue weighted by atomic mass is 9.97. The summed E-state index contributed by atoms with van der Waals surface area (Å²) in [7, 11) is 0. The van der Waals surface area contributed by atoms with E-state index < -0.39 is 0 Å². The topological polar surface area (TPSA) is 83.1 Å². The smallest absolute Gasteiger partial charge is 0.254 e. The summed E-state index contributed by atoms with van der Waals surface area (Å²) in [4.78, 5) is 19.6. The summed E-state index contributed by atoms with van der Waals surface area (Å²) in [5.41, 5.74) is 6.11. The normalized spacial score (nSPS) is 16.4. The van der Waals surface area contributed by atoms with E-state index in [-0.39, 0.29) is 11.8 Å². The van der Waals surface area contributed by atoms with E-state index in [0.717, 1.165) is 34.1 Å². The van der Waals surface area contributed by atoms with Crippen LogP contribution in [-0.2, 0) is 17.7 Å². The highest BCUT2D eigenvalue weighted by atomic mass is 16.5. The van der Waals surface area contributed by atoms with Gasteiger partial charge in [-0.15, -0.1) is 0 Å². The molecule has 174 valence electrons. The summed E-state index contributed by atoms with van der Waals surface area (Å²) in [6.07, 6.45) is 6.32. The molecule has 3 heterocycles. The predicted octanol–water partition coefficient (Wildman–Crippen LogP) is 4.21. The zero-order chi connectivity index (χ0) is 23.3. The molecule has 1 atom stereocenters. The Hall–Kier alpha value is -3.71. The van der Waals surface area contributed by atoms with E-state index in [2.05, 4.69) is 26.6 Å². The third kappa shape index (κ3) is 4.94. The predicted molar refractivity (Wildman–Crippen MR) is 133 cm³/mol. The average molecular weight is 456 g/mol. The van der Waals surface area contributed by atoms with E-state index in [1.54, 1.807) is 6.20 Å². The van der Waals surface area contributed by atoms with Gasteiger partial charge in [-0.2, -0.15) is 5.10 Å². The van der Waals surface area contributed by atoms with Gasteiger partial charge in [0.2, 0.25) is 0 Å². The average Bonchev–Trinajstić information content (AvgIpc) is 3.24. The first-order valence-electron chi connectivity index (χ1n) is 11.7. The van der Waals surface area contributed by atoms with Gasteiger partial charge in [-0.3, -0.25) is 14.9 Å². The van der Waals surface area contributed by atoms with Crippen LogP contribution in [-0.4, -0.2) is 52.3 Å². The number of aromatic amines is 1. The van der Waals surface area contributed by atoms with Gasteiger partial charge in [0.15, 0.2) is 0 Å². The number of rotatable bonds is 6. The minimum Gasteiger partial charge on any atom is -0.381 e. The summed E-state index contributed by atoms with van der Waals surface area (Å²) < 4.78 is 5.88. The maximum atomic E-state index is 13.5. The Morgan fingerprint density at radius 3 is 3.03 bits per heavy atom. The van der Waals surface area contributed by atoms with Gasteiger partial charge < -0.3 is 15.0 Å². The van der Waals surface area contributed by atoms with Crippen molar-refractivity contribution in [3.63, 3.8) is 0 Å². The molecule has 2 aromatic carbocycles. The molecule has 0 saturated carbocycles. The summed E-state index contributed by atoms with van der Waals surface area (Å²) in [5, 5.41) is 11.8. The van der Waals surface area contributed by atoms with Crippen LogP contribution in [0.3, 0.4) is 0 Å². The number of aryl methyl sites for hydroxylation is 1. The number of hydrogen-bond acceptors (Lipinski definition) is 5. The molecule has 5 rings (SSSR count). The zero-order valence-electron chi connectivity index (χ0n) is 19.3. The zero-order valence-corrected chi connectivity index (χ0v) is 19.3. The molecule has 1 aliphatic rings. The monoisotopic (exact) mass is 455 g/mol. The molecular weight excluding hydrogens is 426 g/mol. The second-order valence-electron chi connectivity index (χ2n) is 8.89. The number of carbonyl (C=O) groups excluding carboxylic acids is 1.